The van der Waals surface area contributed by atoms with Crippen LogP contribution in [0.5, 0.6) is 11.8 Å². The third-order valence-corrected chi connectivity index (χ3v) is 10.7. The molecule has 7 rings (SSSR count). The van der Waals surface area contributed by atoms with E-state index in [1.807, 2.05) is 0 Å². The maximum atomic E-state index is 13.7. The second-order valence-corrected chi connectivity index (χ2v) is 12.7. The summed E-state index contributed by atoms with van der Waals surface area (Å²) in [6.45, 7) is 3.41. The minimum Gasteiger partial charge on any atom is -0.494 e. The molecular formula is C31H38F3N3O3. The van der Waals surface area contributed by atoms with Crippen molar-refractivity contribution in [3.63, 3.8) is 0 Å². The molecule has 0 amide bonds. The third-order valence-electron chi connectivity index (χ3n) is 10.7. The van der Waals surface area contributed by atoms with E-state index in [0.29, 0.717) is 24.1 Å². The fraction of sp³-hybridized carbons (Fsp3) is 0.613. The standard InChI is InChI=1S/C31H38F3N3O3/c32-31(33,34)27-22-15-23(28(27)38)26-25(22)29(39)37(30(26)40)17-20-7-2-1-6-19(20)16-35-12-10-21(11-13-35)36-14-9-18-5-3-4-8-24(18)36/h3-5,8-9,14,19-23,27-28,38-40H,1-2,6-7,10-13,15-17H2. The van der Waals surface area contributed by atoms with Gasteiger partial charge in [0.1, 0.15) is 0 Å². The Morgan fingerprint density at radius 3 is 2.17 bits per heavy atom. The van der Waals surface area contributed by atoms with Gasteiger partial charge in [0.25, 0.3) is 0 Å². The minimum atomic E-state index is -4.54. The first-order valence-electron chi connectivity index (χ1n) is 14.9. The van der Waals surface area contributed by atoms with Crippen LogP contribution in [0.25, 0.3) is 10.9 Å². The normalized spacial score (nSPS) is 31.3. The number of nitrogens with zero attached hydrogens (tertiary/aromatic N) is 3. The molecule has 2 bridgehead atoms. The highest BCUT2D eigenvalue weighted by Gasteiger charge is 2.63. The molecular weight excluding hydrogens is 519 g/mol. The van der Waals surface area contributed by atoms with Gasteiger partial charge in [0.15, 0.2) is 11.8 Å². The Morgan fingerprint density at radius 1 is 0.825 bits per heavy atom. The molecule has 1 aliphatic heterocycles. The van der Waals surface area contributed by atoms with Gasteiger partial charge in [0.05, 0.1) is 12.0 Å². The van der Waals surface area contributed by atoms with Crippen LogP contribution in [0.2, 0.25) is 0 Å². The molecule has 3 N–H and O–H groups in total. The maximum Gasteiger partial charge on any atom is 0.394 e. The molecule has 3 aromatic rings. The molecule has 216 valence electrons. The Kier molecular flexibility index (Phi) is 6.38. The molecule has 40 heavy (non-hydrogen) atoms. The number of para-hydroxylation sites is 1. The SMILES string of the molecule is Oc1c2c(c(O)n1CC1CCCCC1CN1CCC(n3ccc4ccccc43)CC1)C1CC2C(O)C1C(F)(F)F. The van der Waals surface area contributed by atoms with Crippen LogP contribution >= 0.6 is 0 Å². The molecule has 3 fully saturated rings. The molecule has 9 heteroatoms. The van der Waals surface area contributed by atoms with Gasteiger partial charge in [-0.25, -0.2) is 0 Å². The smallest absolute Gasteiger partial charge is 0.394 e. The molecule has 3 heterocycles. The summed E-state index contributed by atoms with van der Waals surface area (Å²) in [5.41, 5.74) is 1.83. The van der Waals surface area contributed by atoms with Crippen molar-refractivity contribution in [3.8, 4) is 11.8 Å². The topological polar surface area (TPSA) is 73.8 Å². The fourth-order valence-corrected chi connectivity index (χ4v) is 8.73. The van der Waals surface area contributed by atoms with E-state index in [-0.39, 0.29) is 29.7 Å². The molecule has 2 saturated carbocycles. The minimum absolute atomic E-state index is 0.124. The number of likely N-dealkylation sites (tertiary alicyclic amines) is 1. The molecule has 6 atom stereocenters. The van der Waals surface area contributed by atoms with Crippen LogP contribution in [0, 0.1) is 17.8 Å². The monoisotopic (exact) mass is 557 g/mol. The molecule has 3 aliphatic carbocycles. The predicted octanol–water partition coefficient (Wildman–Crippen LogP) is 6.12. The van der Waals surface area contributed by atoms with Crippen molar-refractivity contribution >= 4 is 10.9 Å². The van der Waals surface area contributed by atoms with Crippen LogP contribution in [0.1, 0.15) is 74.0 Å². The zero-order valence-electron chi connectivity index (χ0n) is 22.6. The molecule has 2 aromatic heterocycles. The lowest BCUT2D eigenvalue weighted by atomic mass is 9.78. The quantitative estimate of drug-likeness (QED) is 0.353. The van der Waals surface area contributed by atoms with E-state index in [1.54, 1.807) is 0 Å². The highest BCUT2D eigenvalue weighted by molar-refractivity contribution is 5.80. The number of benzene rings is 1. The van der Waals surface area contributed by atoms with E-state index in [4.69, 9.17) is 0 Å². The zero-order chi connectivity index (χ0) is 27.8. The second kappa shape index (κ2) is 9.72. The second-order valence-electron chi connectivity index (χ2n) is 12.7. The van der Waals surface area contributed by atoms with Crippen LogP contribution in [0.4, 0.5) is 13.2 Å². The first-order chi connectivity index (χ1) is 19.2. The first kappa shape index (κ1) is 26.3. The maximum absolute atomic E-state index is 13.7. The predicted molar refractivity (Wildman–Crippen MR) is 146 cm³/mol. The van der Waals surface area contributed by atoms with Gasteiger partial charge in [-0.15, -0.1) is 0 Å². The van der Waals surface area contributed by atoms with E-state index in [2.05, 4.69) is 46.0 Å². The van der Waals surface area contributed by atoms with Gasteiger partial charge in [-0.05, 0) is 61.5 Å². The van der Waals surface area contributed by atoms with Crippen LogP contribution in [-0.2, 0) is 6.54 Å². The number of alkyl halides is 3. The Labute approximate surface area is 232 Å². The van der Waals surface area contributed by atoms with E-state index >= 15 is 0 Å². The van der Waals surface area contributed by atoms with Gasteiger partial charge in [-0.3, -0.25) is 4.57 Å². The lowest BCUT2D eigenvalue weighted by molar-refractivity contribution is -0.199. The molecule has 1 saturated heterocycles. The largest absolute Gasteiger partial charge is 0.494 e. The summed E-state index contributed by atoms with van der Waals surface area (Å²) in [5, 5.41) is 33.9. The third kappa shape index (κ3) is 4.14. The van der Waals surface area contributed by atoms with Crippen molar-refractivity contribution in [2.24, 2.45) is 17.8 Å². The van der Waals surface area contributed by atoms with Crippen molar-refractivity contribution in [3.05, 3.63) is 47.7 Å². The van der Waals surface area contributed by atoms with Crippen LogP contribution in [0.15, 0.2) is 36.5 Å². The lowest BCUT2D eigenvalue weighted by Gasteiger charge is -2.39. The van der Waals surface area contributed by atoms with Crippen molar-refractivity contribution in [1.82, 2.24) is 14.0 Å². The summed E-state index contributed by atoms with van der Waals surface area (Å²) in [6, 6.07) is 11.2. The van der Waals surface area contributed by atoms with E-state index < -0.39 is 30.0 Å². The van der Waals surface area contributed by atoms with Gasteiger partial charge in [0, 0.05) is 66.9 Å². The Balaban J connectivity index is 1.04. The number of aromatic hydroxyl groups is 2. The molecule has 0 spiro atoms. The van der Waals surface area contributed by atoms with Crippen molar-refractivity contribution < 1.29 is 28.5 Å². The highest BCUT2D eigenvalue weighted by Crippen LogP contribution is 2.65. The molecule has 1 aromatic carbocycles. The van der Waals surface area contributed by atoms with E-state index in [0.717, 1.165) is 58.2 Å². The lowest BCUT2D eigenvalue weighted by Crippen LogP contribution is -2.40. The highest BCUT2D eigenvalue weighted by atomic mass is 19.4. The average molecular weight is 558 g/mol. The number of fused-ring (bicyclic) bond motifs is 6. The number of halogens is 3. The molecule has 0 radical (unpaired) electrons. The van der Waals surface area contributed by atoms with Gasteiger partial charge in [-0.2, -0.15) is 13.2 Å². The number of piperidine rings is 1. The Hall–Kier alpha value is -2.65. The summed E-state index contributed by atoms with van der Waals surface area (Å²) in [6.07, 6.45) is 2.67. The number of aliphatic hydroxyl groups is 1. The summed E-state index contributed by atoms with van der Waals surface area (Å²) in [7, 11) is 0. The molecule has 6 unspecified atom stereocenters. The van der Waals surface area contributed by atoms with Crippen molar-refractivity contribution in [2.75, 3.05) is 19.6 Å². The van der Waals surface area contributed by atoms with Crippen LogP contribution in [0.3, 0.4) is 0 Å². The average Bonchev–Trinajstić information content (AvgIpc) is 3.67. The van der Waals surface area contributed by atoms with Crippen molar-refractivity contribution in [1.29, 1.82) is 0 Å². The number of hydrogen-bond acceptors (Lipinski definition) is 4. The fourth-order valence-electron chi connectivity index (χ4n) is 8.73. The van der Waals surface area contributed by atoms with Crippen LogP contribution < -0.4 is 0 Å². The summed E-state index contributed by atoms with van der Waals surface area (Å²) in [4.78, 5) is 2.55. The van der Waals surface area contributed by atoms with Crippen LogP contribution in [-0.4, -0.2) is 61.3 Å². The van der Waals surface area contributed by atoms with Gasteiger partial charge < -0.3 is 24.8 Å². The number of rotatable bonds is 5. The zero-order valence-corrected chi connectivity index (χ0v) is 22.6. The van der Waals surface area contributed by atoms with Gasteiger partial charge in [0.2, 0.25) is 0 Å². The number of hydrogen-bond donors (Lipinski definition) is 3. The van der Waals surface area contributed by atoms with Crippen molar-refractivity contribution in [2.45, 2.75) is 81.6 Å². The van der Waals surface area contributed by atoms with E-state index in [9.17, 15) is 28.5 Å². The van der Waals surface area contributed by atoms with E-state index in [1.165, 1.54) is 15.5 Å². The summed E-state index contributed by atoms with van der Waals surface area (Å²) >= 11 is 0. The Bertz CT molecular complexity index is 1390. The first-order valence-corrected chi connectivity index (χ1v) is 14.9. The number of aliphatic hydroxyl groups excluding tert-OH is 1. The molecule has 4 aliphatic rings. The molecule has 6 nitrogen and oxygen atoms in total. The number of aromatic nitrogens is 2. The summed E-state index contributed by atoms with van der Waals surface area (Å²) < 4.78 is 45.0. The van der Waals surface area contributed by atoms with Gasteiger partial charge in [-0.1, -0.05) is 31.0 Å². The van der Waals surface area contributed by atoms with Gasteiger partial charge >= 0.3 is 6.18 Å². The Morgan fingerprint density at radius 2 is 1.48 bits per heavy atom. The summed E-state index contributed by atoms with van der Waals surface area (Å²) in [5.74, 6) is -3.41.